The molecule has 4 rings (SSSR count). The summed E-state index contributed by atoms with van der Waals surface area (Å²) < 4.78 is 90.2. The highest BCUT2D eigenvalue weighted by Crippen LogP contribution is 2.40. The van der Waals surface area contributed by atoms with Gasteiger partial charge in [0.15, 0.2) is 11.5 Å². The van der Waals surface area contributed by atoms with Gasteiger partial charge in [-0.25, -0.2) is 0 Å². The average molecular weight is 620 g/mol. The van der Waals surface area contributed by atoms with E-state index in [2.05, 4.69) is 10.6 Å². The number of methoxy groups -OCH3 is 1. The van der Waals surface area contributed by atoms with Crippen LogP contribution in [-0.4, -0.2) is 24.5 Å². The number of nitro groups is 1. The van der Waals surface area contributed by atoms with Crippen molar-refractivity contribution >= 4 is 23.0 Å². The van der Waals surface area contributed by atoms with Crippen LogP contribution in [0.2, 0.25) is 0 Å². The van der Waals surface area contributed by atoms with Crippen molar-refractivity contribution < 1.29 is 45.5 Å². The predicted octanol–water partition coefficient (Wildman–Crippen LogP) is 8.34. The molecule has 1 amide bonds. The summed E-state index contributed by atoms with van der Waals surface area (Å²) in [5.74, 6) is -1.64. The maximum Gasteiger partial charge on any atom is 0.416 e. The van der Waals surface area contributed by atoms with Gasteiger partial charge >= 0.3 is 18.0 Å². The lowest BCUT2D eigenvalue weighted by atomic mass is 10.1. The van der Waals surface area contributed by atoms with E-state index < -0.39 is 45.7 Å². The van der Waals surface area contributed by atoms with Crippen molar-refractivity contribution in [2.75, 3.05) is 24.3 Å². The zero-order chi connectivity index (χ0) is 32.1. The molecule has 4 aromatic carbocycles. The molecule has 0 aliphatic carbocycles. The molecule has 0 radical (unpaired) electrons. The molecule has 230 valence electrons. The second-order valence-electron chi connectivity index (χ2n) is 9.28. The highest BCUT2D eigenvalue weighted by molar-refractivity contribution is 6.06. The maximum atomic E-state index is 13.5. The summed E-state index contributed by atoms with van der Waals surface area (Å²) in [6, 6.07) is 17.5. The van der Waals surface area contributed by atoms with E-state index in [4.69, 9.17) is 9.47 Å². The van der Waals surface area contributed by atoms with Crippen LogP contribution in [0.15, 0.2) is 84.9 Å². The molecule has 0 aromatic heterocycles. The molecule has 0 saturated carbocycles. The highest BCUT2D eigenvalue weighted by Gasteiger charge is 2.34. The second kappa shape index (κ2) is 12.9. The van der Waals surface area contributed by atoms with E-state index in [9.17, 15) is 41.3 Å². The molecule has 8 nitrogen and oxygen atoms in total. The Labute approximate surface area is 246 Å². The van der Waals surface area contributed by atoms with E-state index in [-0.39, 0.29) is 28.4 Å². The number of hydrogen-bond donors (Lipinski definition) is 2. The largest absolute Gasteiger partial charge is 0.493 e. The van der Waals surface area contributed by atoms with Gasteiger partial charge in [0.05, 0.1) is 34.5 Å². The van der Waals surface area contributed by atoms with Gasteiger partial charge in [0.1, 0.15) is 0 Å². The van der Waals surface area contributed by atoms with E-state index in [0.717, 1.165) is 29.8 Å². The monoisotopic (exact) mass is 619 g/mol. The van der Waals surface area contributed by atoms with Gasteiger partial charge in [0.2, 0.25) is 5.75 Å². The van der Waals surface area contributed by atoms with Gasteiger partial charge in [-0.3, -0.25) is 14.9 Å². The Balaban J connectivity index is 1.57. The van der Waals surface area contributed by atoms with Crippen molar-refractivity contribution in [2.24, 2.45) is 0 Å². The molecule has 2 N–H and O–H groups in total. The molecule has 0 aliphatic rings. The summed E-state index contributed by atoms with van der Waals surface area (Å²) in [4.78, 5) is 23.5. The molecule has 44 heavy (non-hydrogen) atoms. The Morgan fingerprint density at radius 1 is 0.795 bits per heavy atom. The number of alkyl halides is 6. The number of ether oxygens (including phenoxy) is 2. The van der Waals surface area contributed by atoms with Crippen molar-refractivity contribution in [2.45, 2.75) is 18.8 Å². The summed E-state index contributed by atoms with van der Waals surface area (Å²) in [6.07, 6.45) is -8.94. The molecule has 0 heterocycles. The van der Waals surface area contributed by atoms with Gasteiger partial charge < -0.3 is 20.1 Å². The molecular weight excluding hydrogens is 596 g/mol. The quantitative estimate of drug-likeness (QED) is 0.105. The first-order valence-corrected chi connectivity index (χ1v) is 12.8. The Kier molecular flexibility index (Phi) is 9.31. The topological polar surface area (TPSA) is 103 Å². The van der Waals surface area contributed by atoms with E-state index >= 15 is 0 Å². The number of rotatable bonds is 10. The van der Waals surface area contributed by atoms with Crippen molar-refractivity contribution in [1.29, 1.82) is 0 Å². The molecule has 0 aliphatic heterocycles. The van der Waals surface area contributed by atoms with Crippen LogP contribution in [0.5, 0.6) is 17.2 Å². The SMILES string of the molecule is COc1cc(C(=O)Nc2cc(C(F)(F)F)ccc2NCCc2ccccc2)ccc1Oc1ccc(C(F)(F)F)cc1[N+](=O)[O-]. The number of anilines is 2. The normalized spacial score (nSPS) is 11.5. The van der Waals surface area contributed by atoms with Crippen LogP contribution < -0.4 is 20.1 Å². The fourth-order valence-electron chi connectivity index (χ4n) is 4.09. The number of nitro benzene ring substituents is 1. The van der Waals surface area contributed by atoms with Crippen molar-refractivity contribution in [3.05, 3.63) is 117 Å². The van der Waals surface area contributed by atoms with E-state index in [1.54, 1.807) is 0 Å². The van der Waals surface area contributed by atoms with Gasteiger partial charge in [0, 0.05) is 18.2 Å². The summed E-state index contributed by atoms with van der Waals surface area (Å²) in [6.45, 7) is 0.355. The minimum Gasteiger partial charge on any atom is -0.493 e. The van der Waals surface area contributed by atoms with Gasteiger partial charge in [-0.2, -0.15) is 26.3 Å². The first-order valence-electron chi connectivity index (χ1n) is 12.8. The summed E-state index contributed by atoms with van der Waals surface area (Å²) >= 11 is 0. The highest BCUT2D eigenvalue weighted by atomic mass is 19.4. The number of carbonyl (C=O) groups excluding carboxylic acids is 1. The van der Waals surface area contributed by atoms with Crippen LogP contribution in [0.1, 0.15) is 27.0 Å². The Morgan fingerprint density at radius 3 is 2.07 bits per heavy atom. The second-order valence-corrected chi connectivity index (χ2v) is 9.28. The number of carbonyl (C=O) groups is 1. The molecule has 0 fully saturated rings. The average Bonchev–Trinajstić information content (AvgIpc) is 2.97. The summed E-state index contributed by atoms with van der Waals surface area (Å²) in [5, 5.41) is 16.9. The molecule has 14 heteroatoms. The number of amides is 1. The lowest BCUT2D eigenvalue weighted by Crippen LogP contribution is -2.16. The third kappa shape index (κ3) is 7.76. The Morgan fingerprint density at radius 2 is 1.43 bits per heavy atom. The van der Waals surface area contributed by atoms with Gasteiger partial charge in [-0.15, -0.1) is 0 Å². The predicted molar refractivity (Wildman–Crippen MR) is 149 cm³/mol. The summed E-state index contributed by atoms with van der Waals surface area (Å²) in [5.41, 5.74) is -2.18. The molecule has 4 aromatic rings. The first kappa shape index (κ1) is 31.7. The van der Waals surface area contributed by atoms with Crippen LogP contribution in [0, 0.1) is 10.1 Å². The molecule has 0 unspecified atom stereocenters. The third-order valence-corrected chi connectivity index (χ3v) is 6.30. The molecule has 0 bridgehead atoms. The molecule has 0 spiro atoms. The smallest absolute Gasteiger partial charge is 0.416 e. The Bertz CT molecular complexity index is 1660. The number of hydrogen-bond acceptors (Lipinski definition) is 6. The van der Waals surface area contributed by atoms with Gasteiger partial charge in [0.25, 0.3) is 5.91 Å². The lowest BCUT2D eigenvalue weighted by molar-refractivity contribution is -0.385. The standard InChI is InChI=1S/C30H23F6N3O5/c1-43-27-15-19(7-11-26(27)44-25-12-9-21(30(34,35)36)17-24(25)39(41)42)28(40)38-23-16-20(29(31,32)33)8-10-22(23)37-14-13-18-5-3-2-4-6-18/h2-12,15-17,37H,13-14H2,1H3,(H,38,40). The van der Waals surface area contributed by atoms with Crippen LogP contribution in [0.25, 0.3) is 0 Å². The fourth-order valence-corrected chi connectivity index (χ4v) is 4.09. The van der Waals surface area contributed by atoms with Gasteiger partial charge in [-0.1, -0.05) is 30.3 Å². The van der Waals surface area contributed by atoms with Crippen LogP contribution in [0.4, 0.5) is 43.4 Å². The number of nitrogens with one attached hydrogen (secondary N) is 2. The van der Waals surface area contributed by atoms with E-state index in [1.807, 2.05) is 30.3 Å². The minimum atomic E-state index is -4.83. The maximum absolute atomic E-state index is 13.5. The molecule has 0 atom stereocenters. The minimum absolute atomic E-state index is 0.0798. The number of benzene rings is 4. The zero-order valence-corrected chi connectivity index (χ0v) is 22.8. The molecular formula is C30H23F6N3O5. The first-order chi connectivity index (χ1) is 20.8. The number of nitrogens with zero attached hydrogens (tertiary/aromatic N) is 1. The number of halogens is 6. The van der Waals surface area contributed by atoms with Crippen molar-refractivity contribution in [3.8, 4) is 17.2 Å². The van der Waals surface area contributed by atoms with Crippen LogP contribution >= 0.6 is 0 Å². The van der Waals surface area contributed by atoms with E-state index in [0.29, 0.717) is 25.1 Å². The van der Waals surface area contributed by atoms with Crippen molar-refractivity contribution in [3.63, 3.8) is 0 Å². The van der Waals surface area contributed by atoms with Crippen LogP contribution in [0.3, 0.4) is 0 Å². The Hall–Kier alpha value is -5.27. The molecule has 0 saturated heterocycles. The zero-order valence-electron chi connectivity index (χ0n) is 22.8. The lowest BCUT2D eigenvalue weighted by Gasteiger charge is -2.17. The fraction of sp³-hybridized carbons (Fsp3) is 0.167. The van der Waals surface area contributed by atoms with Crippen molar-refractivity contribution in [1.82, 2.24) is 0 Å². The summed E-state index contributed by atoms with van der Waals surface area (Å²) in [7, 11) is 1.19. The van der Waals surface area contributed by atoms with E-state index in [1.165, 1.54) is 25.3 Å². The van der Waals surface area contributed by atoms with Gasteiger partial charge in [-0.05, 0) is 60.5 Å². The van der Waals surface area contributed by atoms with Crippen LogP contribution in [-0.2, 0) is 18.8 Å². The third-order valence-electron chi connectivity index (χ3n) is 6.30.